The van der Waals surface area contributed by atoms with Gasteiger partial charge in [0.2, 0.25) is 0 Å². The van der Waals surface area contributed by atoms with Crippen LogP contribution in [0.2, 0.25) is 0 Å². The Hall–Kier alpha value is -0.120. The number of ether oxygens (including phenoxy) is 1. The standard InChI is InChI=1S/C14H30N2O/c1-6-14(7-2)12-16(10-8-9-15-14)11-13(3,4)17-5/h15H,6-12H2,1-5H3. The SMILES string of the molecule is CCC1(CC)CN(CC(C)(C)OC)CCCN1. The molecule has 0 saturated carbocycles. The highest BCUT2D eigenvalue weighted by Crippen LogP contribution is 2.21. The third-order valence-corrected chi connectivity index (χ3v) is 4.19. The van der Waals surface area contributed by atoms with Crippen LogP contribution < -0.4 is 5.32 Å². The van der Waals surface area contributed by atoms with Crippen molar-refractivity contribution in [1.29, 1.82) is 0 Å². The first-order valence-corrected chi connectivity index (χ1v) is 6.99. The van der Waals surface area contributed by atoms with Gasteiger partial charge < -0.3 is 10.1 Å². The molecule has 0 amide bonds. The maximum atomic E-state index is 5.55. The van der Waals surface area contributed by atoms with E-state index < -0.39 is 0 Å². The summed E-state index contributed by atoms with van der Waals surface area (Å²) < 4.78 is 5.55. The molecule has 3 heteroatoms. The highest BCUT2D eigenvalue weighted by atomic mass is 16.5. The van der Waals surface area contributed by atoms with E-state index in [0.29, 0.717) is 5.54 Å². The zero-order valence-corrected chi connectivity index (χ0v) is 12.3. The molecule has 17 heavy (non-hydrogen) atoms. The van der Waals surface area contributed by atoms with Crippen molar-refractivity contribution in [1.82, 2.24) is 10.2 Å². The van der Waals surface area contributed by atoms with E-state index in [2.05, 4.69) is 37.9 Å². The maximum absolute atomic E-state index is 5.55. The van der Waals surface area contributed by atoms with Gasteiger partial charge in [-0.2, -0.15) is 0 Å². The largest absolute Gasteiger partial charge is 0.377 e. The smallest absolute Gasteiger partial charge is 0.0749 e. The summed E-state index contributed by atoms with van der Waals surface area (Å²) in [5.74, 6) is 0. The van der Waals surface area contributed by atoms with Gasteiger partial charge in [-0.1, -0.05) is 13.8 Å². The van der Waals surface area contributed by atoms with Gasteiger partial charge in [0.05, 0.1) is 5.60 Å². The summed E-state index contributed by atoms with van der Waals surface area (Å²) in [7, 11) is 1.81. The summed E-state index contributed by atoms with van der Waals surface area (Å²) in [5, 5.41) is 3.75. The average Bonchev–Trinajstić information content (AvgIpc) is 2.51. The fourth-order valence-electron chi connectivity index (χ4n) is 2.68. The number of nitrogens with one attached hydrogen (secondary N) is 1. The minimum absolute atomic E-state index is 0.0441. The second-order valence-corrected chi connectivity index (χ2v) is 5.94. The van der Waals surface area contributed by atoms with Crippen LogP contribution in [-0.4, -0.2) is 49.3 Å². The van der Waals surface area contributed by atoms with Crippen LogP contribution in [0.4, 0.5) is 0 Å². The van der Waals surface area contributed by atoms with Crippen LogP contribution in [0.25, 0.3) is 0 Å². The van der Waals surface area contributed by atoms with Gasteiger partial charge >= 0.3 is 0 Å². The van der Waals surface area contributed by atoms with Gasteiger partial charge in [0.15, 0.2) is 0 Å². The molecule has 0 aromatic heterocycles. The number of hydrogen-bond acceptors (Lipinski definition) is 3. The Morgan fingerprint density at radius 3 is 2.47 bits per heavy atom. The molecule has 1 aliphatic rings. The van der Waals surface area contributed by atoms with Gasteiger partial charge in [-0.3, -0.25) is 4.90 Å². The minimum atomic E-state index is -0.0441. The van der Waals surface area contributed by atoms with Crippen LogP contribution in [0.15, 0.2) is 0 Å². The third kappa shape index (κ3) is 4.23. The lowest BCUT2D eigenvalue weighted by Gasteiger charge is -2.38. The summed E-state index contributed by atoms with van der Waals surface area (Å²) in [5.41, 5.74) is 0.262. The Morgan fingerprint density at radius 2 is 1.94 bits per heavy atom. The highest BCUT2D eigenvalue weighted by molar-refractivity contribution is 4.92. The number of hydrogen-bond donors (Lipinski definition) is 1. The molecule has 3 nitrogen and oxygen atoms in total. The van der Waals surface area contributed by atoms with Gasteiger partial charge in [0.25, 0.3) is 0 Å². The minimum Gasteiger partial charge on any atom is -0.377 e. The molecule has 1 saturated heterocycles. The first kappa shape index (κ1) is 14.9. The Labute approximate surface area is 107 Å². The number of methoxy groups -OCH3 is 1. The molecule has 1 N–H and O–H groups in total. The summed E-state index contributed by atoms with van der Waals surface area (Å²) in [6.07, 6.45) is 3.64. The van der Waals surface area contributed by atoms with Crippen molar-refractivity contribution in [2.75, 3.05) is 33.3 Å². The van der Waals surface area contributed by atoms with E-state index in [1.165, 1.54) is 25.8 Å². The van der Waals surface area contributed by atoms with E-state index >= 15 is 0 Å². The molecule has 1 rings (SSSR count). The second kappa shape index (κ2) is 6.17. The van der Waals surface area contributed by atoms with Crippen molar-refractivity contribution >= 4 is 0 Å². The molecule has 0 aliphatic carbocycles. The molecule has 0 atom stereocenters. The Kier molecular flexibility index (Phi) is 5.42. The summed E-state index contributed by atoms with van der Waals surface area (Å²) >= 11 is 0. The van der Waals surface area contributed by atoms with E-state index in [9.17, 15) is 0 Å². The topological polar surface area (TPSA) is 24.5 Å². The first-order chi connectivity index (χ1) is 7.97. The molecule has 1 aliphatic heterocycles. The summed E-state index contributed by atoms with van der Waals surface area (Å²) in [4.78, 5) is 2.57. The molecule has 0 aromatic carbocycles. The van der Waals surface area contributed by atoms with Crippen LogP contribution in [-0.2, 0) is 4.74 Å². The average molecular weight is 242 g/mol. The molecule has 0 unspecified atom stereocenters. The molecule has 1 heterocycles. The summed E-state index contributed by atoms with van der Waals surface area (Å²) in [6, 6.07) is 0. The lowest BCUT2D eigenvalue weighted by atomic mass is 9.92. The zero-order valence-electron chi connectivity index (χ0n) is 12.3. The van der Waals surface area contributed by atoms with E-state index in [1.807, 2.05) is 7.11 Å². The van der Waals surface area contributed by atoms with E-state index in [4.69, 9.17) is 4.74 Å². The van der Waals surface area contributed by atoms with E-state index in [-0.39, 0.29) is 5.60 Å². The normalized spacial score (nSPS) is 22.4. The van der Waals surface area contributed by atoms with Crippen molar-refractivity contribution in [3.8, 4) is 0 Å². The fraction of sp³-hybridized carbons (Fsp3) is 1.00. The van der Waals surface area contributed by atoms with Gasteiger partial charge in [0.1, 0.15) is 0 Å². The lowest BCUT2D eigenvalue weighted by Crippen LogP contribution is -2.52. The zero-order chi connectivity index (χ0) is 12.9. The second-order valence-electron chi connectivity index (χ2n) is 5.94. The Balaban J connectivity index is 2.66. The third-order valence-electron chi connectivity index (χ3n) is 4.19. The first-order valence-electron chi connectivity index (χ1n) is 6.99. The maximum Gasteiger partial charge on any atom is 0.0749 e. The van der Waals surface area contributed by atoms with Gasteiger partial charge in [0, 0.05) is 25.7 Å². The van der Waals surface area contributed by atoms with Crippen LogP contribution in [0.1, 0.15) is 47.0 Å². The predicted molar refractivity (Wildman–Crippen MR) is 73.5 cm³/mol. The van der Waals surface area contributed by atoms with Crippen LogP contribution in [0, 0.1) is 0 Å². The molecule has 0 radical (unpaired) electrons. The molecule has 0 aromatic rings. The van der Waals surface area contributed by atoms with Crippen LogP contribution >= 0.6 is 0 Å². The van der Waals surface area contributed by atoms with Crippen molar-refractivity contribution < 1.29 is 4.74 Å². The molecule has 0 bridgehead atoms. The van der Waals surface area contributed by atoms with Gasteiger partial charge in [-0.15, -0.1) is 0 Å². The van der Waals surface area contributed by atoms with Crippen molar-refractivity contribution in [2.24, 2.45) is 0 Å². The molecular weight excluding hydrogens is 212 g/mol. The van der Waals surface area contributed by atoms with E-state index in [0.717, 1.165) is 19.6 Å². The fourth-order valence-corrected chi connectivity index (χ4v) is 2.68. The van der Waals surface area contributed by atoms with E-state index in [1.54, 1.807) is 0 Å². The predicted octanol–water partition coefficient (Wildman–Crippen LogP) is 2.27. The van der Waals surface area contributed by atoms with Gasteiger partial charge in [-0.25, -0.2) is 0 Å². The van der Waals surface area contributed by atoms with Crippen molar-refractivity contribution in [2.45, 2.75) is 58.1 Å². The highest BCUT2D eigenvalue weighted by Gasteiger charge is 2.32. The molecule has 0 spiro atoms. The molecular formula is C14H30N2O. The number of rotatable bonds is 5. The molecule has 1 fully saturated rings. The van der Waals surface area contributed by atoms with Gasteiger partial charge in [-0.05, 0) is 46.2 Å². The summed E-state index contributed by atoms with van der Waals surface area (Å²) in [6.45, 7) is 13.4. The van der Waals surface area contributed by atoms with Crippen LogP contribution in [0.3, 0.4) is 0 Å². The Morgan fingerprint density at radius 1 is 1.29 bits per heavy atom. The quantitative estimate of drug-likeness (QED) is 0.800. The van der Waals surface area contributed by atoms with Crippen LogP contribution in [0.5, 0.6) is 0 Å². The van der Waals surface area contributed by atoms with Crippen molar-refractivity contribution in [3.05, 3.63) is 0 Å². The van der Waals surface area contributed by atoms with Crippen molar-refractivity contribution in [3.63, 3.8) is 0 Å². The number of nitrogens with zero attached hydrogens (tertiary/aromatic N) is 1. The molecule has 102 valence electrons. The Bertz CT molecular complexity index is 224. The monoisotopic (exact) mass is 242 g/mol. The lowest BCUT2D eigenvalue weighted by molar-refractivity contribution is -0.0114.